The molecule has 0 aliphatic carbocycles. The number of hydrogen-bond acceptors (Lipinski definition) is 2. The standard InChI is InChI=1S/C30H30F6O2/c1-3-5-17-6-7-18(26(32)25(17)31)8-9-19-10-12-22(29(35)27(19)33)23-14-13-21(28(34)30(23)36)20-11-15-24(37-4-2)38-16-20/h6-7,10,12-14,20,24H,3-5,8-9,11,15-16H2,1-2H3. The van der Waals surface area contributed by atoms with E-state index in [4.69, 9.17) is 9.47 Å². The lowest BCUT2D eigenvalue weighted by atomic mass is 9.90. The maximum atomic E-state index is 15.0. The Kier molecular flexibility index (Phi) is 9.15. The fourth-order valence-corrected chi connectivity index (χ4v) is 4.92. The molecule has 38 heavy (non-hydrogen) atoms. The summed E-state index contributed by atoms with van der Waals surface area (Å²) in [7, 11) is 0. The van der Waals surface area contributed by atoms with Crippen LogP contribution in [0, 0.1) is 34.9 Å². The van der Waals surface area contributed by atoms with Gasteiger partial charge in [0.1, 0.15) is 0 Å². The summed E-state index contributed by atoms with van der Waals surface area (Å²) in [5, 5.41) is 0. The molecule has 1 aliphatic rings. The van der Waals surface area contributed by atoms with Crippen molar-refractivity contribution in [2.75, 3.05) is 13.2 Å². The van der Waals surface area contributed by atoms with Crippen LogP contribution in [0.15, 0.2) is 36.4 Å². The molecule has 2 nitrogen and oxygen atoms in total. The quantitative estimate of drug-likeness (QED) is 0.257. The number of rotatable bonds is 9. The molecule has 0 amide bonds. The van der Waals surface area contributed by atoms with Crippen molar-refractivity contribution in [3.63, 3.8) is 0 Å². The van der Waals surface area contributed by atoms with Gasteiger partial charge in [-0.1, -0.05) is 49.7 Å². The van der Waals surface area contributed by atoms with Crippen LogP contribution in [0.2, 0.25) is 0 Å². The van der Waals surface area contributed by atoms with Crippen LogP contribution in [0.25, 0.3) is 11.1 Å². The Balaban J connectivity index is 1.52. The van der Waals surface area contributed by atoms with Crippen molar-refractivity contribution in [2.45, 2.75) is 64.6 Å². The van der Waals surface area contributed by atoms with Crippen LogP contribution in [0.3, 0.4) is 0 Å². The van der Waals surface area contributed by atoms with Crippen molar-refractivity contribution in [3.05, 3.63) is 93.6 Å². The lowest BCUT2D eigenvalue weighted by Crippen LogP contribution is -2.27. The molecular formula is C30H30F6O2. The molecule has 2 unspecified atom stereocenters. The largest absolute Gasteiger partial charge is 0.353 e. The van der Waals surface area contributed by atoms with Crippen molar-refractivity contribution in [2.24, 2.45) is 0 Å². The van der Waals surface area contributed by atoms with E-state index in [1.165, 1.54) is 36.4 Å². The Morgan fingerprint density at radius 1 is 0.658 bits per heavy atom. The Labute approximate surface area is 218 Å². The predicted molar refractivity (Wildman–Crippen MR) is 133 cm³/mol. The van der Waals surface area contributed by atoms with E-state index in [-0.39, 0.29) is 53.9 Å². The van der Waals surface area contributed by atoms with Gasteiger partial charge in [-0.05, 0) is 61.3 Å². The van der Waals surface area contributed by atoms with Gasteiger partial charge in [-0.25, -0.2) is 26.3 Å². The minimum absolute atomic E-state index is 0.0502. The van der Waals surface area contributed by atoms with Crippen molar-refractivity contribution < 1.29 is 35.8 Å². The molecule has 1 aliphatic heterocycles. The molecule has 0 aromatic heterocycles. The summed E-state index contributed by atoms with van der Waals surface area (Å²) in [6.45, 7) is 4.33. The van der Waals surface area contributed by atoms with Gasteiger partial charge in [0.15, 0.2) is 41.2 Å². The lowest BCUT2D eigenvalue weighted by Gasteiger charge is -2.29. The molecule has 0 spiro atoms. The predicted octanol–water partition coefficient (Wildman–Crippen LogP) is 8.18. The third-order valence-corrected chi connectivity index (χ3v) is 7.02. The summed E-state index contributed by atoms with van der Waals surface area (Å²) in [5.74, 6) is -7.29. The zero-order valence-electron chi connectivity index (χ0n) is 21.4. The minimum atomic E-state index is -1.33. The van der Waals surface area contributed by atoms with Gasteiger partial charge in [-0.15, -0.1) is 0 Å². The normalized spacial score (nSPS) is 17.7. The minimum Gasteiger partial charge on any atom is -0.353 e. The van der Waals surface area contributed by atoms with E-state index in [9.17, 15) is 13.2 Å². The Bertz CT molecular complexity index is 1280. The van der Waals surface area contributed by atoms with Gasteiger partial charge in [-0.2, -0.15) is 0 Å². The maximum Gasteiger partial charge on any atom is 0.167 e. The molecule has 0 bridgehead atoms. The van der Waals surface area contributed by atoms with Crippen molar-refractivity contribution in [1.82, 2.24) is 0 Å². The monoisotopic (exact) mass is 536 g/mol. The van der Waals surface area contributed by atoms with Crippen LogP contribution < -0.4 is 0 Å². The molecule has 4 rings (SSSR count). The molecule has 0 saturated carbocycles. The van der Waals surface area contributed by atoms with E-state index >= 15 is 13.2 Å². The Morgan fingerprint density at radius 3 is 1.74 bits per heavy atom. The molecular weight excluding hydrogens is 506 g/mol. The second kappa shape index (κ2) is 12.3. The van der Waals surface area contributed by atoms with Crippen LogP contribution in [0.4, 0.5) is 26.3 Å². The van der Waals surface area contributed by atoms with E-state index in [0.717, 1.165) is 0 Å². The van der Waals surface area contributed by atoms with Gasteiger partial charge >= 0.3 is 0 Å². The number of benzene rings is 3. The number of halogens is 6. The van der Waals surface area contributed by atoms with Crippen LogP contribution in [0.1, 0.15) is 61.3 Å². The topological polar surface area (TPSA) is 18.5 Å². The second-order valence-electron chi connectivity index (χ2n) is 9.48. The Hall–Kier alpha value is -2.84. The van der Waals surface area contributed by atoms with Crippen LogP contribution in [-0.2, 0) is 28.7 Å². The molecule has 2 atom stereocenters. The molecule has 3 aromatic rings. The van der Waals surface area contributed by atoms with Gasteiger partial charge in [0.05, 0.1) is 6.61 Å². The first-order valence-electron chi connectivity index (χ1n) is 12.9. The first kappa shape index (κ1) is 28.2. The summed E-state index contributed by atoms with van der Waals surface area (Å²) in [5.41, 5.74) is -0.484. The highest BCUT2D eigenvalue weighted by molar-refractivity contribution is 5.66. The fraction of sp³-hybridized carbons (Fsp3) is 0.400. The third-order valence-electron chi connectivity index (χ3n) is 7.02. The van der Waals surface area contributed by atoms with Crippen molar-refractivity contribution in [3.8, 4) is 11.1 Å². The van der Waals surface area contributed by atoms with E-state index in [0.29, 0.717) is 32.3 Å². The molecule has 0 radical (unpaired) electrons. The third kappa shape index (κ3) is 5.76. The molecule has 3 aromatic carbocycles. The molecule has 0 N–H and O–H groups in total. The average molecular weight is 537 g/mol. The zero-order chi connectivity index (χ0) is 27.4. The van der Waals surface area contributed by atoms with Gasteiger partial charge in [-0.3, -0.25) is 0 Å². The molecule has 1 saturated heterocycles. The number of ether oxygens (including phenoxy) is 2. The van der Waals surface area contributed by atoms with Crippen molar-refractivity contribution in [1.29, 1.82) is 0 Å². The molecule has 204 valence electrons. The molecule has 8 heteroatoms. The first-order valence-corrected chi connectivity index (χ1v) is 12.9. The van der Waals surface area contributed by atoms with E-state index in [1.54, 1.807) is 0 Å². The van der Waals surface area contributed by atoms with E-state index in [2.05, 4.69) is 0 Å². The summed E-state index contributed by atoms with van der Waals surface area (Å²) >= 11 is 0. The average Bonchev–Trinajstić information content (AvgIpc) is 2.91. The second-order valence-corrected chi connectivity index (χ2v) is 9.48. The van der Waals surface area contributed by atoms with Crippen molar-refractivity contribution >= 4 is 0 Å². The molecule has 1 fully saturated rings. The van der Waals surface area contributed by atoms with Gasteiger partial charge in [0.25, 0.3) is 0 Å². The van der Waals surface area contributed by atoms with E-state index < -0.39 is 46.0 Å². The summed E-state index contributed by atoms with van der Waals surface area (Å²) in [6.07, 6.45) is 1.57. The summed E-state index contributed by atoms with van der Waals surface area (Å²) < 4.78 is 99.6. The molecule has 1 heterocycles. The van der Waals surface area contributed by atoms with Crippen LogP contribution >= 0.6 is 0 Å². The van der Waals surface area contributed by atoms with Crippen LogP contribution in [-0.4, -0.2) is 19.5 Å². The van der Waals surface area contributed by atoms with Gasteiger partial charge in [0.2, 0.25) is 0 Å². The fourth-order valence-electron chi connectivity index (χ4n) is 4.92. The summed E-state index contributed by atoms with van der Waals surface area (Å²) in [4.78, 5) is 0. The highest BCUT2D eigenvalue weighted by Crippen LogP contribution is 2.36. The number of hydrogen-bond donors (Lipinski definition) is 0. The SMILES string of the molecule is CCCc1ccc(CCc2ccc(-c3ccc(C4CCC(OCC)OC4)c(F)c3F)c(F)c2F)c(F)c1F. The summed E-state index contributed by atoms with van der Waals surface area (Å²) in [6, 6.07) is 7.96. The maximum absolute atomic E-state index is 15.0. The Morgan fingerprint density at radius 2 is 1.18 bits per heavy atom. The highest BCUT2D eigenvalue weighted by Gasteiger charge is 2.28. The number of aryl methyl sites for hydroxylation is 3. The van der Waals surface area contributed by atoms with Crippen LogP contribution in [0.5, 0.6) is 0 Å². The van der Waals surface area contributed by atoms with Gasteiger partial charge in [0, 0.05) is 23.7 Å². The smallest absolute Gasteiger partial charge is 0.167 e. The highest BCUT2D eigenvalue weighted by atomic mass is 19.2. The van der Waals surface area contributed by atoms with E-state index in [1.807, 2.05) is 13.8 Å². The zero-order valence-corrected chi connectivity index (χ0v) is 21.4. The first-order chi connectivity index (χ1) is 18.3. The van der Waals surface area contributed by atoms with Gasteiger partial charge < -0.3 is 9.47 Å². The lowest BCUT2D eigenvalue weighted by molar-refractivity contribution is -0.164.